The Hall–Kier alpha value is -2.04. The van der Waals surface area contributed by atoms with Gasteiger partial charge in [-0.1, -0.05) is 60.5 Å². The van der Waals surface area contributed by atoms with Crippen LogP contribution in [0.5, 0.6) is 0 Å². The van der Waals surface area contributed by atoms with E-state index in [1.807, 2.05) is 37.3 Å². The second-order valence-corrected chi connectivity index (χ2v) is 5.94. The molecule has 2 N–H and O–H groups in total. The third-order valence-electron chi connectivity index (χ3n) is 3.32. The maximum atomic E-state index is 11.9. The van der Waals surface area contributed by atoms with Crippen molar-refractivity contribution in [2.24, 2.45) is 0 Å². The highest BCUT2D eigenvalue weighted by Gasteiger charge is 2.16. The Morgan fingerprint density at radius 3 is 2.39 bits per heavy atom. The number of hydrogen-bond acceptors (Lipinski definition) is 2. The Kier molecular flexibility index (Phi) is 6.02. The molecule has 2 aromatic rings. The Balaban J connectivity index is 1.89. The van der Waals surface area contributed by atoms with Crippen molar-refractivity contribution >= 4 is 40.7 Å². The fourth-order valence-corrected chi connectivity index (χ4v) is 2.45. The average Bonchev–Trinajstić information content (AvgIpc) is 2.55. The van der Waals surface area contributed by atoms with E-state index < -0.39 is 11.8 Å². The van der Waals surface area contributed by atoms with Crippen LogP contribution in [0.25, 0.3) is 0 Å². The maximum Gasteiger partial charge on any atom is 0.313 e. The van der Waals surface area contributed by atoms with Crippen LogP contribution in [-0.2, 0) is 9.59 Å². The van der Waals surface area contributed by atoms with Crippen LogP contribution < -0.4 is 10.6 Å². The lowest BCUT2D eigenvalue weighted by Gasteiger charge is -2.13. The molecule has 4 nitrogen and oxygen atoms in total. The largest absolute Gasteiger partial charge is 0.347 e. The number of amides is 2. The van der Waals surface area contributed by atoms with Gasteiger partial charge < -0.3 is 10.6 Å². The topological polar surface area (TPSA) is 58.2 Å². The van der Waals surface area contributed by atoms with Crippen molar-refractivity contribution in [2.75, 3.05) is 11.9 Å². The maximum absolute atomic E-state index is 11.9. The predicted octanol–water partition coefficient (Wildman–Crippen LogP) is 3.85. The molecule has 0 aliphatic carbocycles. The molecule has 0 aromatic heterocycles. The Morgan fingerprint density at radius 2 is 1.74 bits per heavy atom. The van der Waals surface area contributed by atoms with E-state index in [-0.39, 0.29) is 10.9 Å². The SMILES string of the molecule is C[C@@H](CNC(=O)C(=O)Nc1ccc(Cl)cc1Cl)c1ccccc1. The minimum atomic E-state index is -0.769. The van der Waals surface area contributed by atoms with Crippen LogP contribution in [0.1, 0.15) is 18.4 Å². The summed E-state index contributed by atoms with van der Waals surface area (Å²) in [6.07, 6.45) is 0. The van der Waals surface area contributed by atoms with Gasteiger partial charge in [-0.25, -0.2) is 0 Å². The minimum Gasteiger partial charge on any atom is -0.347 e. The highest BCUT2D eigenvalue weighted by Crippen LogP contribution is 2.25. The Bertz CT molecular complexity index is 705. The molecule has 0 unspecified atom stereocenters. The molecule has 0 radical (unpaired) electrons. The first-order valence-corrected chi connectivity index (χ1v) is 7.82. The zero-order chi connectivity index (χ0) is 16.8. The first kappa shape index (κ1) is 17.3. The monoisotopic (exact) mass is 350 g/mol. The summed E-state index contributed by atoms with van der Waals surface area (Å²) < 4.78 is 0. The zero-order valence-corrected chi connectivity index (χ0v) is 14.0. The summed E-state index contributed by atoms with van der Waals surface area (Å²) in [5.74, 6) is -1.37. The second kappa shape index (κ2) is 7.99. The average molecular weight is 351 g/mol. The van der Waals surface area contributed by atoms with E-state index in [9.17, 15) is 9.59 Å². The first-order valence-electron chi connectivity index (χ1n) is 7.06. The van der Waals surface area contributed by atoms with Gasteiger partial charge >= 0.3 is 11.8 Å². The van der Waals surface area contributed by atoms with Crippen LogP contribution in [0, 0.1) is 0 Å². The summed E-state index contributed by atoms with van der Waals surface area (Å²) in [7, 11) is 0. The van der Waals surface area contributed by atoms with E-state index in [4.69, 9.17) is 23.2 Å². The molecular formula is C17H16Cl2N2O2. The van der Waals surface area contributed by atoms with Crippen molar-refractivity contribution < 1.29 is 9.59 Å². The molecule has 0 fully saturated rings. The molecule has 23 heavy (non-hydrogen) atoms. The molecule has 2 aromatic carbocycles. The van der Waals surface area contributed by atoms with Crippen molar-refractivity contribution in [3.63, 3.8) is 0 Å². The number of hydrogen-bond donors (Lipinski definition) is 2. The van der Waals surface area contributed by atoms with Gasteiger partial charge in [-0.15, -0.1) is 0 Å². The van der Waals surface area contributed by atoms with Gasteiger partial charge in [0.05, 0.1) is 10.7 Å². The fraction of sp³-hybridized carbons (Fsp3) is 0.176. The standard InChI is InChI=1S/C17H16Cl2N2O2/c1-11(12-5-3-2-4-6-12)10-20-16(22)17(23)21-15-8-7-13(18)9-14(15)19/h2-9,11H,10H2,1H3,(H,20,22)(H,21,23)/t11-/m0/s1. The highest BCUT2D eigenvalue weighted by atomic mass is 35.5. The van der Waals surface area contributed by atoms with Crippen LogP contribution in [0.3, 0.4) is 0 Å². The lowest BCUT2D eigenvalue weighted by molar-refractivity contribution is -0.136. The summed E-state index contributed by atoms with van der Waals surface area (Å²) in [6.45, 7) is 2.34. The van der Waals surface area contributed by atoms with E-state index in [1.165, 1.54) is 6.07 Å². The predicted molar refractivity (Wildman–Crippen MR) is 93.0 cm³/mol. The van der Waals surface area contributed by atoms with Gasteiger partial charge in [0, 0.05) is 11.6 Å². The molecule has 2 amide bonds. The minimum absolute atomic E-state index is 0.104. The van der Waals surface area contributed by atoms with Crippen molar-refractivity contribution in [3.8, 4) is 0 Å². The number of carbonyl (C=O) groups excluding carboxylic acids is 2. The third-order valence-corrected chi connectivity index (χ3v) is 3.87. The fourth-order valence-electron chi connectivity index (χ4n) is 2.00. The van der Waals surface area contributed by atoms with Gasteiger partial charge in [0.1, 0.15) is 0 Å². The van der Waals surface area contributed by atoms with Gasteiger partial charge in [0.25, 0.3) is 0 Å². The number of rotatable bonds is 4. The number of halogens is 2. The molecule has 120 valence electrons. The number of carbonyl (C=O) groups is 2. The van der Waals surface area contributed by atoms with Crippen LogP contribution in [0.15, 0.2) is 48.5 Å². The molecule has 2 rings (SSSR count). The summed E-state index contributed by atoms with van der Waals surface area (Å²) in [6, 6.07) is 14.4. The normalized spacial score (nSPS) is 11.6. The molecule has 0 saturated carbocycles. The molecule has 0 aliphatic heterocycles. The summed E-state index contributed by atoms with van der Waals surface area (Å²) >= 11 is 11.7. The van der Waals surface area contributed by atoms with Crippen LogP contribution in [0.2, 0.25) is 10.0 Å². The summed E-state index contributed by atoms with van der Waals surface area (Å²) in [5, 5.41) is 5.80. The van der Waals surface area contributed by atoms with E-state index in [1.54, 1.807) is 12.1 Å². The molecule has 0 spiro atoms. The van der Waals surface area contributed by atoms with Crippen molar-refractivity contribution in [1.29, 1.82) is 0 Å². The van der Waals surface area contributed by atoms with E-state index in [0.717, 1.165) is 5.56 Å². The molecule has 0 aliphatic rings. The van der Waals surface area contributed by atoms with Gasteiger partial charge in [0.15, 0.2) is 0 Å². The summed E-state index contributed by atoms with van der Waals surface area (Å²) in [5.41, 5.74) is 1.43. The lowest BCUT2D eigenvalue weighted by Crippen LogP contribution is -2.37. The van der Waals surface area contributed by atoms with E-state index in [2.05, 4.69) is 10.6 Å². The lowest BCUT2D eigenvalue weighted by atomic mass is 10.0. The van der Waals surface area contributed by atoms with Crippen LogP contribution in [0.4, 0.5) is 5.69 Å². The van der Waals surface area contributed by atoms with Gasteiger partial charge in [-0.3, -0.25) is 9.59 Å². The smallest absolute Gasteiger partial charge is 0.313 e. The highest BCUT2D eigenvalue weighted by molar-refractivity contribution is 6.42. The van der Waals surface area contributed by atoms with Gasteiger partial charge in [0.2, 0.25) is 0 Å². The Labute approximate surface area is 144 Å². The first-order chi connectivity index (χ1) is 11.0. The quantitative estimate of drug-likeness (QED) is 0.822. The van der Waals surface area contributed by atoms with Crippen molar-refractivity contribution in [3.05, 3.63) is 64.1 Å². The van der Waals surface area contributed by atoms with E-state index in [0.29, 0.717) is 17.3 Å². The van der Waals surface area contributed by atoms with Crippen LogP contribution >= 0.6 is 23.2 Å². The van der Waals surface area contributed by atoms with Crippen molar-refractivity contribution in [2.45, 2.75) is 12.8 Å². The molecule has 6 heteroatoms. The van der Waals surface area contributed by atoms with E-state index >= 15 is 0 Å². The molecule has 0 saturated heterocycles. The Morgan fingerprint density at radius 1 is 1.04 bits per heavy atom. The second-order valence-electron chi connectivity index (χ2n) is 5.10. The molecular weight excluding hydrogens is 335 g/mol. The zero-order valence-electron chi connectivity index (χ0n) is 12.5. The molecule has 1 atom stereocenters. The van der Waals surface area contributed by atoms with Crippen molar-refractivity contribution in [1.82, 2.24) is 5.32 Å². The molecule has 0 heterocycles. The number of benzene rings is 2. The van der Waals surface area contributed by atoms with Crippen LogP contribution in [-0.4, -0.2) is 18.4 Å². The molecule has 0 bridgehead atoms. The number of nitrogens with one attached hydrogen (secondary N) is 2. The van der Waals surface area contributed by atoms with Gasteiger partial charge in [-0.05, 0) is 29.7 Å². The summed E-state index contributed by atoms with van der Waals surface area (Å²) in [4.78, 5) is 23.8. The van der Waals surface area contributed by atoms with Gasteiger partial charge in [-0.2, -0.15) is 0 Å². The third kappa shape index (κ3) is 4.98. The number of anilines is 1.